The highest BCUT2D eigenvalue weighted by molar-refractivity contribution is 6.30. The maximum absolute atomic E-state index is 12.7. The first-order valence-electron chi connectivity index (χ1n) is 12.9. The number of carboxylic acids is 2. The average Bonchev–Trinajstić information content (AvgIpc) is 2.91. The van der Waals surface area contributed by atoms with Gasteiger partial charge in [-0.05, 0) is 50.8 Å². The van der Waals surface area contributed by atoms with Gasteiger partial charge in [0.1, 0.15) is 0 Å². The van der Waals surface area contributed by atoms with E-state index in [9.17, 15) is 19.8 Å². The van der Waals surface area contributed by atoms with Gasteiger partial charge in [-0.25, -0.2) is 9.59 Å². The predicted molar refractivity (Wildman–Crippen MR) is 157 cm³/mol. The van der Waals surface area contributed by atoms with Gasteiger partial charge in [0.05, 0.1) is 0 Å². The molecule has 39 heavy (non-hydrogen) atoms. The first-order chi connectivity index (χ1) is 18.7. The highest BCUT2D eigenvalue weighted by atomic mass is 16.4. The van der Waals surface area contributed by atoms with Crippen LogP contribution in [0.1, 0.15) is 48.6 Å². The van der Waals surface area contributed by atoms with Gasteiger partial charge >= 0.3 is 11.9 Å². The Bertz CT molecular complexity index is 1470. The third kappa shape index (κ3) is 6.42. The third-order valence-corrected chi connectivity index (χ3v) is 6.37. The molecule has 4 heteroatoms. The molecule has 4 aromatic rings. The molecule has 196 valence electrons. The zero-order chi connectivity index (χ0) is 28.0. The number of allylic oxidation sites excluding steroid dienone is 2. The molecule has 0 aromatic heterocycles. The molecule has 4 nitrogen and oxygen atoms in total. The van der Waals surface area contributed by atoms with E-state index >= 15 is 0 Å². The highest BCUT2D eigenvalue weighted by Crippen LogP contribution is 2.44. The maximum Gasteiger partial charge on any atom is 0.343 e. The lowest BCUT2D eigenvalue weighted by Crippen LogP contribution is -2.17. The molecular weight excluding hydrogens is 484 g/mol. The number of rotatable bonds is 8. The lowest BCUT2D eigenvalue weighted by atomic mass is 9.78. The van der Waals surface area contributed by atoms with Gasteiger partial charge < -0.3 is 10.2 Å². The maximum atomic E-state index is 12.7. The molecule has 0 aliphatic rings. The van der Waals surface area contributed by atoms with E-state index < -0.39 is 17.5 Å². The third-order valence-electron chi connectivity index (χ3n) is 6.37. The molecule has 0 aliphatic carbocycles. The summed E-state index contributed by atoms with van der Waals surface area (Å²) >= 11 is 0. The molecule has 0 atom stereocenters. The SMILES string of the molecule is CC(C)(C)Cc1ccccc1C(=C(C(=O)O)C(=O)O)C(=C(c1ccccc1)c1ccccc1)c1ccccc1. The van der Waals surface area contributed by atoms with Crippen LogP contribution in [-0.4, -0.2) is 22.2 Å². The van der Waals surface area contributed by atoms with Crippen LogP contribution in [0.4, 0.5) is 0 Å². The van der Waals surface area contributed by atoms with Crippen LogP contribution in [0, 0.1) is 5.41 Å². The minimum atomic E-state index is -1.49. The summed E-state index contributed by atoms with van der Waals surface area (Å²) in [5.74, 6) is -2.98. The Morgan fingerprint density at radius 1 is 0.564 bits per heavy atom. The van der Waals surface area contributed by atoms with Crippen molar-refractivity contribution in [3.8, 4) is 0 Å². The molecule has 0 fully saturated rings. The first-order valence-corrected chi connectivity index (χ1v) is 12.9. The molecule has 0 saturated heterocycles. The van der Waals surface area contributed by atoms with Crippen LogP contribution in [0.15, 0.2) is 121 Å². The van der Waals surface area contributed by atoms with Crippen molar-refractivity contribution >= 4 is 28.7 Å². The van der Waals surface area contributed by atoms with Gasteiger partial charge in [0.25, 0.3) is 0 Å². The van der Waals surface area contributed by atoms with Gasteiger partial charge in [0.15, 0.2) is 5.57 Å². The standard InChI is InChI=1S/C35H32O4/c1-35(2,3)23-27-21-13-14-22-28(27)31(32(33(36)37)34(38)39)30(26-19-11-6-12-20-26)29(24-15-7-4-8-16-24)25-17-9-5-10-18-25/h4-22H,23H2,1-3H3,(H,36,37)(H,38,39). The van der Waals surface area contributed by atoms with Crippen molar-refractivity contribution in [2.24, 2.45) is 5.41 Å². The number of hydrogen-bond acceptors (Lipinski definition) is 2. The Morgan fingerprint density at radius 3 is 1.41 bits per heavy atom. The Hall–Kier alpha value is -4.70. The number of aliphatic carboxylic acids is 2. The van der Waals surface area contributed by atoms with Crippen LogP contribution in [0.5, 0.6) is 0 Å². The van der Waals surface area contributed by atoms with E-state index in [1.807, 2.05) is 115 Å². The number of benzene rings is 4. The van der Waals surface area contributed by atoms with E-state index in [0.29, 0.717) is 17.6 Å². The molecule has 0 unspecified atom stereocenters. The Balaban J connectivity index is 2.28. The van der Waals surface area contributed by atoms with E-state index in [0.717, 1.165) is 27.8 Å². The molecule has 0 bridgehead atoms. The Morgan fingerprint density at radius 2 is 0.974 bits per heavy atom. The molecular formula is C35H32O4. The van der Waals surface area contributed by atoms with Crippen LogP contribution < -0.4 is 0 Å². The minimum Gasteiger partial charge on any atom is -0.477 e. The summed E-state index contributed by atoms with van der Waals surface area (Å²) < 4.78 is 0. The van der Waals surface area contributed by atoms with Gasteiger partial charge in [0, 0.05) is 5.57 Å². The van der Waals surface area contributed by atoms with Crippen LogP contribution in [-0.2, 0) is 16.0 Å². The molecule has 4 rings (SSSR count). The monoisotopic (exact) mass is 516 g/mol. The highest BCUT2D eigenvalue weighted by Gasteiger charge is 2.30. The topological polar surface area (TPSA) is 74.6 Å². The van der Waals surface area contributed by atoms with E-state index in [1.54, 1.807) is 0 Å². The molecule has 4 aromatic carbocycles. The van der Waals surface area contributed by atoms with Gasteiger partial charge in [-0.1, -0.05) is 136 Å². The lowest BCUT2D eigenvalue weighted by Gasteiger charge is -2.25. The Kier molecular flexibility index (Phi) is 8.26. The van der Waals surface area contributed by atoms with Crippen molar-refractivity contribution in [2.75, 3.05) is 0 Å². The second kappa shape index (κ2) is 11.8. The molecule has 0 spiro atoms. The molecule has 0 radical (unpaired) electrons. The van der Waals surface area contributed by atoms with Crippen LogP contribution in [0.2, 0.25) is 0 Å². The molecule has 0 heterocycles. The number of carboxylic acid groups (broad SMARTS) is 2. The van der Waals surface area contributed by atoms with Crippen molar-refractivity contribution in [2.45, 2.75) is 27.2 Å². The van der Waals surface area contributed by atoms with Gasteiger partial charge in [0.2, 0.25) is 0 Å². The summed E-state index contributed by atoms with van der Waals surface area (Å²) in [4.78, 5) is 25.4. The summed E-state index contributed by atoms with van der Waals surface area (Å²) in [5, 5.41) is 20.7. The molecule has 0 aliphatic heterocycles. The van der Waals surface area contributed by atoms with Gasteiger partial charge in [-0.3, -0.25) is 0 Å². The van der Waals surface area contributed by atoms with E-state index in [-0.39, 0.29) is 11.0 Å². The average molecular weight is 517 g/mol. The minimum absolute atomic E-state index is 0.119. The Labute approximate surface area is 229 Å². The fourth-order valence-electron chi connectivity index (χ4n) is 4.87. The summed E-state index contributed by atoms with van der Waals surface area (Å²) in [6.45, 7) is 6.32. The summed E-state index contributed by atoms with van der Waals surface area (Å²) in [5.41, 5.74) is 4.60. The van der Waals surface area contributed by atoms with Crippen molar-refractivity contribution in [3.05, 3.63) is 149 Å². The molecule has 2 N–H and O–H groups in total. The first kappa shape index (κ1) is 27.3. The van der Waals surface area contributed by atoms with Gasteiger partial charge in [-0.2, -0.15) is 0 Å². The molecule has 0 saturated carbocycles. The zero-order valence-electron chi connectivity index (χ0n) is 22.4. The zero-order valence-corrected chi connectivity index (χ0v) is 22.4. The summed E-state index contributed by atoms with van der Waals surface area (Å²) in [6.07, 6.45) is 0.632. The summed E-state index contributed by atoms with van der Waals surface area (Å²) in [6, 6.07) is 36.3. The lowest BCUT2D eigenvalue weighted by molar-refractivity contribution is -0.140. The van der Waals surface area contributed by atoms with Crippen molar-refractivity contribution < 1.29 is 19.8 Å². The second-order valence-electron chi connectivity index (χ2n) is 10.6. The smallest absolute Gasteiger partial charge is 0.343 e. The van der Waals surface area contributed by atoms with Crippen LogP contribution >= 0.6 is 0 Å². The molecule has 0 amide bonds. The van der Waals surface area contributed by atoms with E-state index in [1.165, 1.54) is 0 Å². The van der Waals surface area contributed by atoms with Crippen molar-refractivity contribution in [1.29, 1.82) is 0 Å². The number of hydrogen-bond donors (Lipinski definition) is 2. The van der Waals surface area contributed by atoms with E-state index in [4.69, 9.17) is 0 Å². The van der Waals surface area contributed by atoms with E-state index in [2.05, 4.69) is 20.8 Å². The predicted octanol–water partition coefficient (Wildman–Crippen LogP) is 7.86. The second-order valence-corrected chi connectivity index (χ2v) is 10.6. The fourth-order valence-corrected chi connectivity index (χ4v) is 4.87. The fraction of sp³-hybridized carbons (Fsp3) is 0.143. The van der Waals surface area contributed by atoms with Crippen LogP contribution in [0.3, 0.4) is 0 Å². The van der Waals surface area contributed by atoms with Gasteiger partial charge in [-0.15, -0.1) is 0 Å². The largest absolute Gasteiger partial charge is 0.477 e. The van der Waals surface area contributed by atoms with Crippen molar-refractivity contribution in [3.63, 3.8) is 0 Å². The van der Waals surface area contributed by atoms with Crippen molar-refractivity contribution in [1.82, 2.24) is 0 Å². The quantitative estimate of drug-likeness (QED) is 0.0822. The number of carbonyl (C=O) groups is 2. The summed E-state index contributed by atoms with van der Waals surface area (Å²) in [7, 11) is 0. The van der Waals surface area contributed by atoms with Crippen LogP contribution in [0.25, 0.3) is 16.7 Å². The normalized spacial score (nSPS) is 10.9.